The van der Waals surface area contributed by atoms with E-state index in [0.29, 0.717) is 4.57 Å². The van der Waals surface area contributed by atoms with Crippen molar-refractivity contribution in [3.8, 4) is 0 Å². The van der Waals surface area contributed by atoms with Crippen LogP contribution in [-0.4, -0.2) is 57.6 Å². The van der Waals surface area contributed by atoms with Crippen molar-refractivity contribution < 1.29 is 26.7 Å². The van der Waals surface area contributed by atoms with E-state index in [0.717, 1.165) is 11.1 Å². The van der Waals surface area contributed by atoms with Gasteiger partial charge in [-0.15, -0.1) is 0 Å². The predicted octanol–water partition coefficient (Wildman–Crippen LogP) is 1.48. The van der Waals surface area contributed by atoms with Gasteiger partial charge in [0.05, 0.1) is 13.1 Å². The van der Waals surface area contributed by atoms with E-state index in [4.69, 9.17) is 0 Å². The summed E-state index contributed by atoms with van der Waals surface area (Å²) < 4.78 is 62.7. The zero-order chi connectivity index (χ0) is 15.6. The van der Waals surface area contributed by atoms with Gasteiger partial charge in [-0.05, 0) is 0 Å². The Morgan fingerprint density at radius 1 is 1.29 bits per heavy atom. The topological polar surface area (TPSA) is 41.4 Å². The Hall–Kier alpha value is -1.71. The van der Waals surface area contributed by atoms with Crippen LogP contribution in [-0.2, 0) is 11.3 Å². The van der Waals surface area contributed by atoms with E-state index >= 15 is 0 Å². The highest BCUT2D eigenvalue weighted by molar-refractivity contribution is 5.79. The minimum absolute atomic E-state index is 0.0110. The first-order valence-corrected chi connectivity index (χ1v) is 6.13. The number of alkyl halides is 5. The fourth-order valence-electron chi connectivity index (χ4n) is 2.12. The summed E-state index contributed by atoms with van der Waals surface area (Å²) in [5.74, 6) is -0.601. The molecule has 0 saturated carbocycles. The van der Waals surface area contributed by atoms with Crippen molar-refractivity contribution in [2.75, 3.05) is 26.2 Å². The smallest absolute Gasteiger partial charge is 0.331 e. The van der Waals surface area contributed by atoms with Gasteiger partial charge in [0.2, 0.25) is 5.91 Å². The molecule has 1 aliphatic rings. The Bertz CT molecular complexity index is 501. The number of imidazole rings is 1. The second-order valence-corrected chi connectivity index (χ2v) is 4.67. The van der Waals surface area contributed by atoms with Crippen molar-refractivity contribution in [3.05, 3.63) is 18.2 Å². The van der Waals surface area contributed by atoms with E-state index < -0.39 is 25.2 Å². The number of carbonyl (C=O) groups is 1. The molecule has 1 fully saturated rings. The molecule has 2 heterocycles. The first-order valence-electron chi connectivity index (χ1n) is 6.13. The standard InChI is InChI=1S/C11H13F5N4O/c12-10(13)20-2-1-17-8(20)5-18-3-4-19(9(21)6-18)7-11(14,15)16/h1-2,10H,3-7H2. The first kappa shape index (κ1) is 15.7. The van der Waals surface area contributed by atoms with Gasteiger partial charge in [-0.2, -0.15) is 22.0 Å². The average Bonchev–Trinajstić information content (AvgIpc) is 2.79. The number of piperazine rings is 1. The molecule has 0 spiro atoms. The number of hydrogen-bond donors (Lipinski definition) is 0. The molecule has 2 rings (SSSR count). The minimum Gasteiger partial charge on any atom is -0.331 e. The molecule has 1 aliphatic heterocycles. The molecule has 0 atom stereocenters. The second-order valence-electron chi connectivity index (χ2n) is 4.67. The molecule has 1 aromatic rings. The van der Waals surface area contributed by atoms with Gasteiger partial charge in [0.25, 0.3) is 0 Å². The maximum Gasteiger partial charge on any atom is 0.406 e. The van der Waals surface area contributed by atoms with E-state index in [1.54, 1.807) is 0 Å². The fraction of sp³-hybridized carbons (Fsp3) is 0.636. The van der Waals surface area contributed by atoms with E-state index in [1.165, 1.54) is 11.1 Å². The van der Waals surface area contributed by atoms with Gasteiger partial charge in [0.15, 0.2) is 0 Å². The van der Waals surface area contributed by atoms with Crippen molar-refractivity contribution in [2.24, 2.45) is 0 Å². The molecular weight excluding hydrogens is 299 g/mol. The fourth-order valence-corrected chi connectivity index (χ4v) is 2.12. The summed E-state index contributed by atoms with van der Waals surface area (Å²) in [4.78, 5) is 17.6. The molecule has 10 heteroatoms. The highest BCUT2D eigenvalue weighted by atomic mass is 19.4. The van der Waals surface area contributed by atoms with Crippen LogP contribution in [0, 0.1) is 0 Å². The van der Waals surface area contributed by atoms with Crippen LogP contribution in [0.3, 0.4) is 0 Å². The summed E-state index contributed by atoms with van der Waals surface area (Å²) in [5, 5.41) is 0. The zero-order valence-corrected chi connectivity index (χ0v) is 10.9. The molecule has 0 N–H and O–H groups in total. The van der Waals surface area contributed by atoms with E-state index in [9.17, 15) is 26.7 Å². The van der Waals surface area contributed by atoms with Crippen molar-refractivity contribution in [3.63, 3.8) is 0 Å². The molecule has 1 amide bonds. The second kappa shape index (κ2) is 5.96. The van der Waals surface area contributed by atoms with Crippen LogP contribution in [0.2, 0.25) is 0 Å². The molecule has 0 aliphatic carbocycles. The summed E-state index contributed by atoms with van der Waals surface area (Å²) in [6.07, 6.45) is -2.12. The normalized spacial score (nSPS) is 17.8. The monoisotopic (exact) mass is 312 g/mol. The first-order chi connectivity index (χ1) is 9.76. The molecule has 5 nitrogen and oxygen atoms in total. The van der Waals surface area contributed by atoms with Crippen LogP contribution in [0.1, 0.15) is 12.4 Å². The summed E-state index contributed by atoms with van der Waals surface area (Å²) in [6, 6.07) is 0. The molecule has 1 saturated heterocycles. The lowest BCUT2D eigenvalue weighted by molar-refractivity contribution is -0.165. The molecular formula is C11H13F5N4O. The van der Waals surface area contributed by atoms with Crippen LogP contribution in [0.4, 0.5) is 22.0 Å². The maximum absolute atomic E-state index is 12.6. The third-order valence-corrected chi connectivity index (χ3v) is 3.09. The van der Waals surface area contributed by atoms with Crippen LogP contribution < -0.4 is 0 Å². The molecule has 1 aromatic heterocycles. The largest absolute Gasteiger partial charge is 0.406 e. The molecule has 118 valence electrons. The molecule has 0 aromatic carbocycles. The van der Waals surface area contributed by atoms with E-state index in [2.05, 4.69) is 4.98 Å². The number of amides is 1. The molecule has 0 bridgehead atoms. The van der Waals surface area contributed by atoms with Gasteiger partial charge >= 0.3 is 12.7 Å². The Morgan fingerprint density at radius 2 is 2.00 bits per heavy atom. The lowest BCUT2D eigenvalue weighted by Crippen LogP contribution is -2.52. The van der Waals surface area contributed by atoms with Crippen molar-refractivity contribution in [2.45, 2.75) is 19.3 Å². The Kier molecular flexibility index (Phi) is 4.45. The Morgan fingerprint density at radius 3 is 2.57 bits per heavy atom. The lowest BCUT2D eigenvalue weighted by Gasteiger charge is -2.34. The van der Waals surface area contributed by atoms with E-state index in [-0.39, 0.29) is 32.0 Å². The summed E-state index contributed by atoms with van der Waals surface area (Å²) >= 11 is 0. The minimum atomic E-state index is -4.44. The van der Waals surface area contributed by atoms with Gasteiger partial charge in [-0.1, -0.05) is 0 Å². The third-order valence-electron chi connectivity index (χ3n) is 3.09. The van der Waals surface area contributed by atoms with Crippen LogP contribution in [0.15, 0.2) is 12.4 Å². The van der Waals surface area contributed by atoms with Crippen LogP contribution in [0.5, 0.6) is 0 Å². The Labute approximate surface area is 116 Å². The number of aromatic nitrogens is 2. The number of halogens is 5. The SMILES string of the molecule is O=C1CN(Cc2nccn2C(F)F)CCN1CC(F)(F)F. The summed E-state index contributed by atoms with van der Waals surface area (Å²) in [5.41, 5.74) is 0. The Balaban J connectivity index is 1.94. The van der Waals surface area contributed by atoms with Gasteiger partial charge in [-0.3, -0.25) is 14.3 Å². The van der Waals surface area contributed by atoms with Gasteiger partial charge in [0.1, 0.15) is 12.4 Å². The molecule has 21 heavy (non-hydrogen) atoms. The summed E-state index contributed by atoms with van der Waals surface area (Å²) in [7, 11) is 0. The molecule has 0 unspecified atom stereocenters. The number of hydrogen-bond acceptors (Lipinski definition) is 3. The van der Waals surface area contributed by atoms with Crippen LogP contribution >= 0.6 is 0 Å². The van der Waals surface area contributed by atoms with Gasteiger partial charge in [0, 0.05) is 25.5 Å². The van der Waals surface area contributed by atoms with Crippen LogP contribution in [0.25, 0.3) is 0 Å². The molecule has 0 radical (unpaired) electrons. The zero-order valence-electron chi connectivity index (χ0n) is 10.9. The number of rotatable bonds is 4. The maximum atomic E-state index is 12.6. The van der Waals surface area contributed by atoms with Gasteiger partial charge < -0.3 is 4.90 Å². The quantitative estimate of drug-likeness (QED) is 0.791. The van der Waals surface area contributed by atoms with Crippen molar-refractivity contribution in [1.29, 1.82) is 0 Å². The highest BCUT2D eigenvalue weighted by Crippen LogP contribution is 2.19. The van der Waals surface area contributed by atoms with Crippen molar-refractivity contribution >= 4 is 5.91 Å². The predicted molar refractivity (Wildman–Crippen MR) is 61.4 cm³/mol. The van der Waals surface area contributed by atoms with E-state index in [1.807, 2.05) is 0 Å². The summed E-state index contributed by atoms with van der Waals surface area (Å²) in [6.45, 7) is -4.20. The third kappa shape index (κ3) is 4.13. The number of carbonyl (C=O) groups excluding carboxylic acids is 1. The highest BCUT2D eigenvalue weighted by Gasteiger charge is 2.35. The number of nitrogens with zero attached hydrogens (tertiary/aromatic N) is 4. The van der Waals surface area contributed by atoms with Crippen molar-refractivity contribution in [1.82, 2.24) is 19.4 Å². The van der Waals surface area contributed by atoms with Gasteiger partial charge in [-0.25, -0.2) is 4.98 Å². The lowest BCUT2D eigenvalue weighted by atomic mass is 10.3. The average molecular weight is 312 g/mol.